The van der Waals surface area contributed by atoms with Crippen LogP contribution in [0.1, 0.15) is 69.0 Å². The molecule has 4 N–H and O–H groups in total. The molecular weight excluding hydrogens is 548 g/mol. The largest absolute Gasteiger partial charge is 0.466 e. The number of nitrogens with two attached hydrogens (primary N) is 1. The van der Waals surface area contributed by atoms with E-state index in [-0.39, 0.29) is 49.7 Å². The maximum Gasteiger partial charge on any atom is 0.340 e. The van der Waals surface area contributed by atoms with Gasteiger partial charge in [0.25, 0.3) is 0 Å². The molecule has 0 saturated heterocycles. The minimum Gasteiger partial charge on any atom is -0.466 e. The van der Waals surface area contributed by atoms with E-state index in [1.807, 2.05) is 0 Å². The fourth-order valence-corrected chi connectivity index (χ4v) is 3.62. The molecule has 0 spiro atoms. The minimum atomic E-state index is -1.03. The summed E-state index contributed by atoms with van der Waals surface area (Å²) in [6, 6.07) is 13.8. The average Bonchev–Trinajstić information content (AvgIpc) is 3.09. The molecule has 0 fully saturated rings. The fourth-order valence-electron chi connectivity index (χ4n) is 3.62. The SMILES string of the molecule is CCOC(=O)C1CC(=O)Nc2ccccc2C1O.CCOC(=O)CCC(=O)OCC.CCOC(=O)c1ccccc1N. The number of ether oxygens (including phenoxy) is 4. The van der Waals surface area contributed by atoms with Crippen molar-refractivity contribution in [2.75, 3.05) is 37.5 Å². The second-order valence-corrected chi connectivity index (χ2v) is 8.56. The van der Waals surface area contributed by atoms with Crippen LogP contribution in [0.3, 0.4) is 0 Å². The molecule has 2 aromatic rings. The molecular formula is C30H40N2O10. The molecule has 230 valence electrons. The number of aliphatic hydroxyl groups excluding tert-OH is 1. The molecule has 1 heterocycles. The number of benzene rings is 2. The maximum absolute atomic E-state index is 11.8. The number of amides is 1. The molecule has 0 bridgehead atoms. The number of nitrogen functional groups attached to an aromatic ring is 1. The van der Waals surface area contributed by atoms with Crippen molar-refractivity contribution >= 4 is 41.2 Å². The van der Waals surface area contributed by atoms with Crippen molar-refractivity contribution in [1.29, 1.82) is 0 Å². The van der Waals surface area contributed by atoms with E-state index in [9.17, 15) is 29.1 Å². The molecule has 2 aromatic carbocycles. The zero-order valence-corrected chi connectivity index (χ0v) is 24.4. The molecule has 3 rings (SSSR count). The van der Waals surface area contributed by atoms with Gasteiger partial charge in [-0.2, -0.15) is 0 Å². The highest BCUT2D eigenvalue weighted by atomic mass is 16.5. The van der Waals surface area contributed by atoms with Crippen LogP contribution in [0.15, 0.2) is 48.5 Å². The summed E-state index contributed by atoms with van der Waals surface area (Å²) in [5.41, 5.74) is 7.52. The number of esters is 4. The predicted molar refractivity (Wildman–Crippen MR) is 154 cm³/mol. The summed E-state index contributed by atoms with van der Waals surface area (Å²) in [6.45, 7) is 8.19. The number of nitrogens with one attached hydrogen (secondary N) is 1. The lowest BCUT2D eigenvalue weighted by atomic mass is 9.93. The third-order valence-electron chi connectivity index (χ3n) is 5.53. The molecule has 12 nitrogen and oxygen atoms in total. The lowest BCUT2D eigenvalue weighted by molar-refractivity contribution is -0.153. The summed E-state index contributed by atoms with van der Waals surface area (Å²) >= 11 is 0. The monoisotopic (exact) mass is 588 g/mol. The van der Waals surface area contributed by atoms with Gasteiger partial charge in [0.05, 0.1) is 56.9 Å². The van der Waals surface area contributed by atoms with Crippen LogP contribution < -0.4 is 11.1 Å². The Balaban J connectivity index is 0.000000327. The Morgan fingerprint density at radius 1 is 0.810 bits per heavy atom. The van der Waals surface area contributed by atoms with Crippen LogP contribution >= 0.6 is 0 Å². The van der Waals surface area contributed by atoms with Gasteiger partial charge in [0.2, 0.25) is 5.91 Å². The highest BCUT2D eigenvalue weighted by Crippen LogP contribution is 2.34. The average molecular weight is 589 g/mol. The van der Waals surface area contributed by atoms with Crippen LogP contribution in [0.5, 0.6) is 0 Å². The summed E-state index contributed by atoms with van der Waals surface area (Å²) in [5, 5.41) is 12.9. The van der Waals surface area contributed by atoms with E-state index in [0.29, 0.717) is 42.3 Å². The van der Waals surface area contributed by atoms with Crippen LogP contribution in [0.25, 0.3) is 0 Å². The highest BCUT2D eigenvalue weighted by Gasteiger charge is 2.35. The predicted octanol–water partition coefficient (Wildman–Crippen LogP) is 3.58. The molecule has 42 heavy (non-hydrogen) atoms. The third kappa shape index (κ3) is 12.4. The molecule has 1 amide bonds. The number of aliphatic hydroxyl groups is 1. The van der Waals surface area contributed by atoms with Gasteiger partial charge in [-0.05, 0) is 45.9 Å². The van der Waals surface area contributed by atoms with Crippen LogP contribution in [-0.2, 0) is 38.1 Å². The molecule has 12 heteroatoms. The van der Waals surface area contributed by atoms with Gasteiger partial charge in [0, 0.05) is 23.4 Å². The summed E-state index contributed by atoms with van der Waals surface area (Å²) in [5.74, 6) is -2.77. The molecule has 1 aliphatic heterocycles. The molecule has 2 atom stereocenters. The van der Waals surface area contributed by atoms with Gasteiger partial charge < -0.3 is 35.1 Å². The van der Waals surface area contributed by atoms with Crippen molar-refractivity contribution in [2.24, 2.45) is 5.92 Å². The van der Waals surface area contributed by atoms with Crippen molar-refractivity contribution < 1.29 is 48.0 Å². The first-order valence-corrected chi connectivity index (χ1v) is 13.7. The quantitative estimate of drug-likeness (QED) is 0.221. The Labute approximate surface area is 245 Å². The molecule has 2 unspecified atom stereocenters. The van der Waals surface area contributed by atoms with Gasteiger partial charge in [-0.15, -0.1) is 0 Å². The number of hydrogen-bond acceptors (Lipinski definition) is 11. The van der Waals surface area contributed by atoms with Gasteiger partial charge >= 0.3 is 23.9 Å². The molecule has 0 saturated carbocycles. The van der Waals surface area contributed by atoms with E-state index >= 15 is 0 Å². The number of carbonyl (C=O) groups is 5. The van der Waals surface area contributed by atoms with Crippen molar-refractivity contribution in [2.45, 2.75) is 53.1 Å². The third-order valence-corrected chi connectivity index (χ3v) is 5.53. The van der Waals surface area contributed by atoms with E-state index in [0.717, 1.165) is 0 Å². The Hall–Kier alpha value is -4.45. The van der Waals surface area contributed by atoms with Gasteiger partial charge in [0.1, 0.15) is 0 Å². The second-order valence-electron chi connectivity index (χ2n) is 8.56. The van der Waals surface area contributed by atoms with Crippen molar-refractivity contribution in [3.63, 3.8) is 0 Å². The van der Waals surface area contributed by atoms with E-state index in [4.69, 9.17) is 15.2 Å². The first-order chi connectivity index (χ1) is 20.1. The number of anilines is 2. The molecule has 0 aromatic heterocycles. The second kappa shape index (κ2) is 19.6. The van der Waals surface area contributed by atoms with Crippen LogP contribution in [0, 0.1) is 5.92 Å². The van der Waals surface area contributed by atoms with Gasteiger partial charge in [-0.1, -0.05) is 30.3 Å². The lowest BCUT2D eigenvalue weighted by Gasteiger charge is -2.18. The Morgan fingerprint density at radius 3 is 1.88 bits per heavy atom. The summed E-state index contributed by atoms with van der Waals surface area (Å²) in [6.07, 6.45) is -0.896. The van der Waals surface area contributed by atoms with Crippen molar-refractivity contribution in [3.05, 3.63) is 59.7 Å². The van der Waals surface area contributed by atoms with Crippen LogP contribution in [-0.4, -0.2) is 61.3 Å². The van der Waals surface area contributed by atoms with Gasteiger partial charge in [-0.3, -0.25) is 19.2 Å². The first kappa shape index (κ1) is 35.6. The van der Waals surface area contributed by atoms with E-state index in [1.165, 1.54) is 0 Å². The van der Waals surface area contributed by atoms with Crippen molar-refractivity contribution in [3.8, 4) is 0 Å². The van der Waals surface area contributed by atoms with Crippen LogP contribution in [0.2, 0.25) is 0 Å². The maximum atomic E-state index is 11.8. The molecule has 1 aliphatic rings. The number of hydrogen-bond donors (Lipinski definition) is 3. The fraction of sp³-hybridized carbons (Fsp3) is 0.433. The van der Waals surface area contributed by atoms with Crippen molar-refractivity contribution in [1.82, 2.24) is 0 Å². The molecule has 0 radical (unpaired) electrons. The topological polar surface area (TPSA) is 181 Å². The smallest absolute Gasteiger partial charge is 0.340 e. The van der Waals surface area contributed by atoms with Crippen LogP contribution in [0.4, 0.5) is 11.4 Å². The zero-order chi connectivity index (χ0) is 31.5. The number of para-hydroxylation sites is 2. The Morgan fingerprint density at radius 2 is 1.33 bits per heavy atom. The van der Waals surface area contributed by atoms with Gasteiger partial charge in [-0.25, -0.2) is 4.79 Å². The zero-order valence-electron chi connectivity index (χ0n) is 24.4. The minimum absolute atomic E-state index is 0.0747. The summed E-state index contributed by atoms with van der Waals surface area (Å²) < 4.78 is 18.9. The molecule has 0 aliphatic carbocycles. The number of rotatable bonds is 9. The van der Waals surface area contributed by atoms with Gasteiger partial charge in [0.15, 0.2) is 0 Å². The van der Waals surface area contributed by atoms with E-state index in [1.54, 1.807) is 76.2 Å². The summed E-state index contributed by atoms with van der Waals surface area (Å²) in [4.78, 5) is 56.0. The lowest BCUT2D eigenvalue weighted by Crippen LogP contribution is -2.26. The Bertz CT molecular complexity index is 1170. The normalized spacial score (nSPS) is 15.0. The number of carbonyl (C=O) groups excluding carboxylic acids is 5. The summed E-state index contributed by atoms with van der Waals surface area (Å²) in [7, 11) is 0. The standard InChI is InChI=1S/C13H15NO4.C9H11NO2.C8H14O4/c1-2-18-13(17)9-7-11(15)14-10-6-4-3-5-8(10)12(9)16;1-2-12-9(11)7-5-3-4-6-8(7)10;1-3-11-7(9)5-6-8(10)12-4-2/h3-6,9,12,16H,2,7H2,1H3,(H,14,15);3-6H,2,10H2,1H3;3-6H2,1-2H3. The Kier molecular flexibility index (Phi) is 16.6. The van der Waals surface area contributed by atoms with E-state index in [2.05, 4.69) is 14.8 Å². The number of fused-ring (bicyclic) bond motifs is 1. The van der Waals surface area contributed by atoms with E-state index < -0.39 is 18.0 Å². The first-order valence-electron chi connectivity index (χ1n) is 13.7. The highest BCUT2D eigenvalue weighted by molar-refractivity contribution is 5.96.